The molecule has 6 heteroatoms. The second-order valence-electron chi connectivity index (χ2n) is 8.52. The number of nitrogens with zero attached hydrogens (tertiary/aromatic N) is 1. The molecule has 2 aliphatic rings. The van der Waals surface area contributed by atoms with Crippen molar-refractivity contribution in [2.45, 2.75) is 44.2 Å². The number of hydrogen-bond donors (Lipinski definition) is 1. The van der Waals surface area contributed by atoms with Gasteiger partial charge in [-0.05, 0) is 67.5 Å². The molecule has 2 aromatic carbocycles. The van der Waals surface area contributed by atoms with Crippen molar-refractivity contribution in [3.05, 3.63) is 65.0 Å². The van der Waals surface area contributed by atoms with Gasteiger partial charge in [0.05, 0.1) is 20.3 Å². The first kappa shape index (κ1) is 21.8. The molecule has 1 aliphatic carbocycles. The van der Waals surface area contributed by atoms with E-state index >= 15 is 0 Å². The van der Waals surface area contributed by atoms with Gasteiger partial charge < -0.3 is 19.7 Å². The monoisotopic (exact) mass is 426 g/mol. The molecule has 166 valence electrons. The predicted molar refractivity (Wildman–Crippen MR) is 118 cm³/mol. The molecule has 31 heavy (non-hydrogen) atoms. The summed E-state index contributed by atoms with van der Waals surface area (Å²) in [4.78, 5) is 14.5. The summed E-state index contributed by atoms with van der Waals surface area (Å²) >= 11 is 0. The fourth-order valence-electron chi connectivity index (χ4n) is 4.68. The van der Waals surface area contributed by atoms with Crippen LogP contribution >= 0.6 is 0 Å². The highest BCUT2D eigenvalue weighted by Crippen LogP contribution is 2.36. The lowest BCUT2D eigenvalue weighted by molar-refractivity contribution is 0.0303. The average Bonchev–Trinajstić information content (AvgIpc) is 3.28. The zero-order chi connectivity index (χ0) is 21.8. The number of ether oxygens (including phenoxy) is 2. The number of carbonyl (C=O) groups is 1. The van der Waals surface area contributed by atoms with Crippen LogP contribution in [0.3, 0.4) is 0 Å². The largest absolute Gasteiger partial charge is 0.494 e. The van der Waals surface area contributed by atoms with Crippen molar-refractivity contribution < 1.29 is 18.7 Å². The van der Waals surface area contributed by atoms with E-state index in [0.29, 0.717) is 38.3 Å². The zero-order valence-electron chi connectivity index (χ0n) is 18.3. The number of amides is 1. The smallest absolute Gasteiger partial charge is 0.254 e. The molecule has 1 saturated heterocycles. The first-order valence-electron chi connectivity index (χ1n) is 11.1. The third kappa shape index (κ3) is 5.08. The van der Waals surface area contributed by atoms with Gasteiger partial charge in [0, 0.05) is 30.7 Å². The summed E-state index contributed by atoms with van der Waals surface area (Å²) in [7, 11) is 1.49. The molecule has 4 rings (SSSR count). The van der Waals surface area contributed by atoms with Crippen LogP contribution < -0.4 is 10.1 Å². The van der Waals surface area contributed by atoms with Crippen molar-refractivity contribution in [1.82, 2.24) is 10.2 Å². The van der Waals surface area contributed by atoms with Gasteiger partial charge in [-0.3, -0.25) is 4.79 Å². The van der Waals surface area contributed by atoms with Crippen LogP contribution in [0.5, 0.6) is 5.75 Å². The molecule has 5 nitrogen and oxygen atoms in total. The Kier molecular flexibility index (Phi) is 6.88. The summed E-state index contributed by atoms with van der Waals surface area (Å²) in [6.07, 6.45) is 3.27. The Morgan fingerprint density at radius 2 is 1.90 bits per heavy atom. The van der Waals surface area contributed by atoms with E-state index in [1.165, 1.54) is 18.7 Å². The van der Waals surface area contributed by atoms with E-state index in [9.17, 15) is 9.18 Å². The zero-order valence-corrected chi connectivity index (χ0v) is 18.3. The Morgan fingerprint density at radius 3 is 2.61 bits per heavy atom. The Morgan fingerprint density at radius 1 is 1.16 bits per heavy atom. The summed E-state index contributed by atoms with van der Waals surface area (Å²) in [5.41, 5.74) is 3.06. The van der Waals surface area contributed by atoms with Gasteiger partial charge in [0.15, 0.2) is 11.6 Å². The minimum atomic E-state index is -0.338. The highest BCUT2D eigenvalue weighted by molar-refractivity contribution is 5.94. The quantitative estimate of drug-likeness (QED) is 0.749. The van der Waals surface area contributed by atoms with E-state index in [-0.39, 0.29) is 23.5 Å². The maximum Gasteiger partial charge on any atom is 0.254 e. The number of carbonyl (C=O) groups excluding carboxylic acids is 1. The van der Waals surface area contributed by atoms with Crippen molar-refractivity contribution in [3.8, 4) is 5.75 Å². The second kappa shape index (κ2) is 9.79. The lowest BCUT2D eigenvalue weighted by atomic mass is 9.96. The molecular formula is C25H31FN2O3. The standard InChI is InChI=1S/C25H31FN2O3/c1-17(20-8-10-23(26)24(16-20)30-2)27-22-9-7-21(15-22)18-3-5-19(6-4-18)25(29)28-11-13-31-14-12-28/h3-6,8,10,16-17,21-22,27H,7,9,11-15H2,1-2H3/t17-,21+,22+/m1/s1. The van der Waals surface area contributed by atoms with Gasteiger partial charge in [-0.25, -0.2) is 4.39 Å². The van der Waals surface area contributed by atoms with Crippen LogP contribution in [0.2, 0.25) is 0 Å². The van der Waals surface area contributed by atoms with Crippen molar-refractivity contribution >= 4 is 5.91 Å². The minimum Gasteiger partial charge on any atom is -0.494 e. The normalized spacial score (nSPS) is 22.4. The summed E-state index contributed by atoms with van der Waals surface area (Å²) in [6, 6.07) is 13.7. The molecule has 0 spiro atoms. The van der Waals surface area contributed by atoms with Gasteiger partial charge in [-0.2, -0.15) is 0 Å². The van der Waals surface area contributed by atoms with E-state index in [1.54, 1.807) is 6.07 Å². The number of nitrogens with one attached hydrogen (secondary N) is 1. The van der Waals surface area contributed by atoms with Crippen LogP contribution in [0, 0.1) is 5.82 Å². The van der Waals surface area contributed by atoms with Crippen LogP contribution in [-0.2, 0) is 4.74 Å². The van der Waals surface area contributed by atoms with Crippen molar-refractivity contribution in [3.63, 3.8) is 0 Å². The first-order valence-corrected chi connectivity index (χ1v) is 11.1. The maximum atomic E-state index is 13.7. The molecule has 0 bridgehead atoms. The van der Waals surface area contributed by atoms with Crippen LogP contribution in [0.15, 0.2) is 42.5 Å². The molecule has 1 N–H and O–H groups in total. The summed E-state index contributed by atoms with van der Waals surface area (Å²) < 4.78 is 24.1. The second-order valence-corrected chi connectivity index (χ2v) is 8.52. The maximum absolute atomic E-state index is 13.7. The third-order valence-corrected chi connectivity index (χ3v) is 6.52. The topological polar surface area (TPSA) is 50.8 Å². The van der Waals surface area contributed by atoms with E-state index in [1.807, 2.05) is 23.1 Å². The van der Waals surface area contributed by atoms with Gasteiger partial charge in [0.2, 0.25) is 0 Å². The van der Waals surface area contributed by atoms with Gasteiger partial charge in [0.1, 0.15) is 0 Å². The minimum absolute atomic E-state index is 0.0874. The number of benzene rings is 2. The number of halogens is 1. The summed E-state index contributed by atoms with van der Waals surface area (Å²) in [5.74, 6) is 0.515. The lowest BCUT2D eigenvalue weighted by Gasteiger charge is -2.27. The molecule has 0 unspecified atom stereocenters. The molecule has 1 amide bonds. The third-order valence-electron chi connectivity index (χ3n) is 6.52. The van der Waals surface area contributed by atoms with Gasteiger partial charge in [0.25, 0.3) is 5.91 Å². The first-order chi connectivity index (χ1) is 15.0. The van der Waals surface area contributed by atoms with Gasteiger partial charge >= 0.3 is 0 Å². The average molecular weight is 427 g/mol. The van der Waals surface area contributed by atoms with Crippen LogP contribution in [0.4, 0.5) is 4.39 Å². The highest BCUT2D eigenvalue weighted by Gasteiger charge is 2.27. The van der Waals surface area contributed by atoms with Gasteiger partial charge in [-0.15, -0.1) is 0 Å². The molecule has 0 aromatic heterocycles. The molecule has 3 atom stereocenters. The van der Waals surface area contributed by atoms with E-state index in [2.05, 4.69) is 24.4 Å². The Labute approximate surface area is 183 Å². The number of hydrogen-bond acceptors (Lipinski definition) is 4. The Bertz CT molecular complexity index is 896. The fourth-order valence-corrected chi connectivity index (χ4v) is 4.68. The Balaban J connectivity index is 1.33. The Hall–Kier alpha value is -2.44. The summed E-state index contributed by atoms with van der Waals surface area (Å²) in [5, 5.41) is 3.69. The van der Waals surface area contributed by atoms with Crippen LogP contribution in [0.1, 0.15) is 59.6 Å². The van der Waals surface area contributed by atoms with Crippen LogP contribution in [0.25, 0.3) is 0 Å². The highest BCUT2D eigenvalue weighted by atomic mass is 19.1. The molecule has 1 heterocycles. The lowest BCUT2D eigenvalue weighted by Crippen LogP contribution is -2.40. The molecule has 2 aromatic rings. The molecule has 1 aliphatic heterocycles. The van der Waals surface area contributed by atoms with Crippen molar-refractivity contribution in [2.75, 3.05) is 33.4 Å². The molecule has 0 radical (unpaired) electrons. The predicted octanol–water partition coefficient (Wildman–Crippen LogP) is 4.29. The fraction of sp³-hybridized carbons (Fsp3) is 0.480. The van der Waals surface area contributed by atoms with E-state index in [4.69, 9.17) is 9.47 Å². The van der Waals surface area contributed by atoms with Gasteiger partial charge in [-0.1, -0.05) is 18.2 Å². The SMILES string of the molecule is COc1cc([C@@H](C)N[C@H]2CC[C@H](c3ccc(C(=O)N4CCOCC4)cc3)C2)ccc1F. The molecule has 1 saturated carbocycles. The van der Waals surface area contributed by atoms with E-state index in [0.717, 1.165) is 30.4 Å². The molecule has 2 fully saturated rings. The number of methoxy groups -OCH3 is 1. The van der Waals surface area contributed by atoms with Crippen LogP contribution in [-0.4, -0.2) is 50.3 Å². The molecular weight excluding hydrogens is 395 g/mol. The van der Waals surface area contributed by atoms with E-state index < -0.39 is 0 Å². The van der Waals surface area contributed by atoms with Crippen molar-refractivity contribution in [1.29, 1.82) is 0 Å². The summed E-state index contributed by atoms with van der Waals surface area (Å²) in [6.45, 7) is 4.65. The number of morpholine rings is 1. The number of rotatable bonds is 6. The van der Waals surface area contributed by atoms with Crippen molar-refractivity contribution in [2.24, 2.45) is 0 Å².